The minimum Gasteiger partial charge on any atom is -0.357 e. The Balaban J connectivity index is 0.00000392. The minimum atomic E-state index is -2.64. The number of aliphatic imine (C=N–C) groups is 1. The zero-order chi connectivity index (χ0) is 19.6. The van der Waals surface area contributed by atoms with Crippen LogP contribution in [0, 0.1) is 0 Å². The molecule has 28 heavy (non-hydrogen) atoms. The summed E-state index contributed by atoms with van der Waals surface area (Å²) in [4.78, 5) is 19.9. The summed E-state index contributed by atoms with van der Waals surface area (Å²) in [5.41, 5.74) is 1.61. The topological polar surface area (TPSA) is 83.3 Å². The van der Waals surface area contributed by atoms with Crippen LogP contribution in [0.5, 0.6) is 0 Å². The first-order chi connectivity index (χ1) is 13.0. The van der Waals surface area contributed by atoms with Crippen molar-refractivity contribution in [3.05, 3.63) is 53.6 Å². The average molecular weight is 506 g/mol. The van der Waals surface area contributed by atoms with E-state index in [1.807, 2.05) is 25.1 Å². The summed E-state index contributed by atoms with van der Waals surface area (Å²) in [5.74, 6) is 0.582. The summed E-state index contributed by atoms with van der Waals surface area (Å²) in [6.07, 6.45) is 3.24. The maximum Gasteiger partial charge on any atom is 0.319 e. The molecule has 10 heteroatoms. The second-order valence-corrected chi connectivity index (χ2v) is 5.68. The third-order valence-corrected chi connectivity index (χ3v) is 3.80. The molecule has 0 saturated heterocycles. The molecular weight excluding hydrogens is 481 g/mol. The van der Waals surface area contributed by atoms with E-state index >= 15 is 0 Å². The molecule has 2 rings (SSSR count). The highest BCUT2D eigenvalue weighted by molar-refractivity contribution is 14.0. The summed E-state index contributed by atoms with van der Waals surface area (Å²) >= 11 is 0. The number of guanidine groups is 1. The molecule has 0 fully saturated rings. The van der Waals surface area contributed by atoms with Gasteiger partial charge in [0.25, 0.3) is 5.91 Å². The van der Waals surface area contributed by atoms with Gasteiger partial charge < -0.3 is 16.0 Å². The number of alkyl halides is 2. The van der Waals surface area contributed by atoms with E-state index in [0.29, 0.717) is 31.0 Å². The molecule has 0 saturated carbocycles. The number of benzene rings is 1. The Kier molecular flexibility index (Phi) is 10.4. The predicted molar refractivity (Wildman–Crippen MR) is 115 cm³/mol. The number of aromatic nitrogens is 2. The van der Waals surface area contributed by atoms with Crippen LogP contribution in [-0.4, -0.2) is 41.6 Å². The number of nitrogens with zero attached hydrogens (tertiary/aromatic N) is 3. The molecule has 2 aromatic rings. The molecular formula is C18H25F2IN6O. The zero-order valence-electron chi connectivity index (χ0n) is 15.8. The predicted octanol–water partition coefficient (Wildman–Crippen LogP) is 2.55. The highest BCUT2D eigenvalue weighted by Gasteiger charge is 2.11. The van der Waals surface area contributed by atoms with Crippen molar-refractivity contribution >= 4 is 35.8 Å². The van der Waals surface area contributed by atoms with E-state index in [9.17, 15) is 13.6 Å². The van der Waals surface area contributed by atoms with Gasteiger partial charge in [-0.2, -0.15) is 8.78 Å². The Morgan fingerprint density at radius 3 is 2.79 bits per heavy atom. The van der Waals surface area contributed by atoms with E-state index < -0.39 is 6.55 Å². The SMILES string of the molecule is CCNC(=NCc1nccn1C(F)F)NCCc1cccc(C(=O)NC)c1.I. The highest BCUT2D eigenvalue weighted by Crippen LogP contribution is 2.12. The Bertz CT molecular complexity index is 781. The fourth-order valence-corrected chi connectivity index (χ4v) is 2.47. The second kappa shape index (κ2) is 12.3. The van der Waals surface area contributed by atoms with Gasteiger partial charge >= 0.3 is 6.55 Å². The number of halogens is 3. The number of nitrogens with one attached hydrogen (secondary N) is 3. The monoisotopic (exact) mass is 506 g/mol. The lowest BCUT2D eigenvalue weighted by atomic mass is 10.1. The van der Waals surface area contributed by atoms with Crippen molar-refractivity contribution in [3.63, 3.8) is 0 Å². The van der Waals surface area contributed by atoms with Gasteiger partial charge in [-0.3, -0.25) is 9.36 Å². The zero-order valence-corrected chi connectivity index (χ0v) is 18.1. The molecule has 1 aromatic heterocycles. The molecule has 0 radical (unpaired) electrons. The van der Waals surface area contributed by atoms with Gasteiger partial charge in [-0.15, -0.1) is 24.0 Å². The number of rotatable bonds is 8. The molecule has 1 amide bonds. The van der Waals surface area contributed by atoms with Crippen molar-refractivity contribution in [2.24, 2.45) is 4.99 Å². The minimum absolute atomic E-state index is 0. The molecule has 0 unspecified atom stereocenters. The lowest BCUT2D eigenvalue weighted by molar-refractivity contribution is 0.0671. The molecule has 7 nitrogen and oxygen atoms in total. The average Bonchev–Trinajstić information content (AvgIpc) is 3.14. The lowest BCUT2D eigenvalue weighted by Crippen LogP contribution is -2.38. The molecule has 0 aliphatic rings. The van der Waals surface area contributed by atoms with Crippen LogP contribution in [0.25, 0.3) is 0 Å². The van der Waals surface area contributed by atoms with Gasteiger partial charge in [-0.1, -0.05) is 12.1 Å². The van der Waals surface area contributed by atoms with Gasteiger partial charge in [0.1, 0.15) is 12.4 Å². The first-order valence-electron chi connectivity index (χ1n) is 8.68. The summed E-state index contributed by atoms with van der Waals surface area (Å²) in [6, 6.07) is 7.37. The second-order valence-electron chi connectivity index (χ2n) is 5.68. The van der Waals surface area contributed by atoms with E-state index in [-0.39, 0.29) is 42.3 Å². The Morgan fingerprint density at radius 2 is 2.11 bits per heavy atom. The van der Waals surface area contributed by atoms with Crippen LogP contribution in [0.3, 0.4) is 0 Å². The van der Waals surface area contributed by atoms with Crippen LogP contribution in [0.15, 0.2) is 41.7 Å². The van der Waals surface area contributed by atoms with Crippen molar-refractivity contribution in [1.82, 2.24) is 25.5 Å². The summed E-state index contributed by atoms with van der Waals surface area (Å²) in [6.45, 7) is 0.539. The Morgan fingerprint density at radius 1 is 1.32 bits per heavy atom. The molecule has 0 spiro atoms. The number of carbonyl (C=O) groups excluding carboxylic acids is 1. The van der Waals surface area contributed by atoms with Gasteiger partial charge in [0.2, 0.25) is 0 Å². The van der Waals surface area contributed by atoms with Crippen LogP contribution < -0.4 is 16.0 Å². The van der Waals surface area contributed by atoms with Crippen LogP contribution in [0.2, 0.25) is 0 Å². The summed E-state index contributed by atoms with van der Waals surface area (Å²) in [7, 11) is 1.59. The van der Waals surface area contributed by atoms with Gasteiger partial charge in [0.15, 0.2) is 5.96 Å². The van der Waals surface area contributed by atoms with E-state index in [0.717, 1.165) is 10.1 Å². The molecule has 1 aromatic carbocycles. The van der Waals surface area contributed by atoms with E-state index in [1.165, 1.54) is 12.4 Å². The number of hydrogen-bond acceptors (Lipinski definition) is 3. The molecule has 0 bridgehead atoms. The van der Waals surface area contributed by atoms with Crippen LogP contribution in [0.1, 0.15) is 35.2 Å². The fraction of sp³-hybridized carbons (Fsp3) is 0.389. The quantitative estimate of drug-likeness (QED) is 0.292. The number of imidazole rings is 1. The van der Waals surface area contributed by atoms with Crippen LogP contribution >= 0.6 is 24.0 Å². The summed E-state index contributed by atoms with van der Waals surface area (Å²) < 4.78 is 26.5. The first-order valence-corrected chi connectivity index (χ1v) is 8.68. The number of carbonyl (C=O) groups is 1. The molecule has 0 aliphatic carbocycles. The molecule has 3 N–H and O–H groups in total. The van der Waals surface area contributed by atoms with Gasteiger partial charge in [0.05, 0.1) is 0 Å². The van der Waals surface area contributed by atoms with Crippen molar-refractivity contribution in [3.8, 4) is 0 Å². The fourth-order valence-electron chi connectivity index (χ4n) is 2.47. The highest BCUT2D eigenvalue weighted by atomic mass is 127. The Labute approximate surface area is 180 Å². The van der Waals surface area contributed by atoms with Crippen LogP contribution in [-0.2, 0) is 13.0 Å². The standard InChI is InChI=1S/C18H24F2N6O.HI/c1-3-22-18(25-12-15-23-9-10-26(15)17(19)20)24-8-7-13-5-4-6-14(11-13)16(27)21-2;/h4-6,9-11,17H,3,7-8,12H2,1-2H3,(H,21,27)(H2,22,24,25);1H. The Hall–Kier alpha value is -2.24. The summed E-state index contributed by atoms with van der Waals surface area (Å²) in [5, 5.41) is 8.82. The van der Waals surface area contributed by atoms with E-state index in [2.05, 4.69) is 25.9 Å². The molecule has 1 heterocycles. The first kappa shape index (κ1) is 23.8. The van der Waals surface area contributed by atoms with Gasteiger partial charge in [0, 0.05) is 38.1 Å². The number of hydrogen-bond donors (Lipinski definition) is 3. The van der Waals surface area contributed by atoms with Gasteiger partial charge in [-0.05, 0) is 31.0 Å². The maximum atomic E-state index is 12.9. The van der Waals surface area contributed by atoms with Gasteiger partial charge in [-0.25, -0.2) is 9.98 Å². The van der Waals surface area contributed by atoms with Crippen molar-refractivity contribution in [1.29, 1.82) is 0 Å². The third-order valence-electron chi connectivity index (χ3n) is 3.80. The molecule has 154 valence electrons. The van der Waals surface area contributed by atoms with Crippen LogP contribution in [0.4, 0.5) is 8.78 Å². The van der Waals surface area contributed by atoms with Crippen molar-refractivity contribution in [2.75, 3.05) is 20.1 Å². The number of amides is 1. The van der Waals surface area contributed by atoms with Crippen molar-refractivity contribution < 1.29 is 13.6 Å². The van der Waals surface area contributed by atoms with E-state index in [1.54, 1.807) is 13.1 Å². The lowest BCUT2D eigenvalue weighted by Gasteiger charge is -2.12. The largest absolute Gasteiger partial charge is 0.357 e. The smallest absolute Gasteiger partial charge is 0.319 e. The normalized spacial score (nSPS) is 11.1. The molecule has 0 atom stereocenters. The maximum absolute atomic E-state index is 12.9. The molecule has 0 aliphatic heterocycles. The third kappa shape index (κ3) is 7.06. The van der Waals surface area contributed by atoms with Crippen molar-refractivity contribution in [2.45, 2.75) is 26.4 Å². The van der Waals surface area contributed by atoms with E-state index in [4.69, 9.17) is 0 Å².